The van der Waals surface area contributed by atoms with Gasteiger partial charge in [-0.2, -0.15) is 0 Å². The van der Waals surface area contributed by atoms with E-state index in [2.05, 4.69) is 41.7 Å². The van der Waals surface area contributed by atoms with Crippen molar-refractivity contribution >= 4 is 11.8 Å². The normalized spacial score (nSPS) is 18.8. The number of rotatable bonds is 7. The van der Waals surface area contributed by atoms with E-state index in [1.807, 2.05) is 29.2 Å². The molecule has 170 valence electrons. The topological polar surface area (TPSA) is 49.4 Å². The minimum absolute atomic E-state index is 0.113. The van der Waals surface area contributed by atoms with Crippen LogP contribution in [-0.4, -0.2) is 36.3 Å². The van der Waals surface area contributed by atoms with Gasteiger partial charge in [0, 0.05) is 25.6 Å². The van der Waals surface area contributed by atoms with E-state index < -0.39 is 5.41 Å². The number of hydrogen-bond donors (Lipinski definition) is 1. The molecule has 0 bridgehead atoms. The van der Waals surface area contributed by atoms with Crippen LogP contribution in [0, 0.1) is 5.92 Å². The predicted molar refractivity (Wildman–Crippen MR) is 128 cm³/mol. The molecule has 1 aliphatic carbocycles. The Bertz CT molecular complexity index is 867. The molecule has 2 aromatic rings. The van der Waals surface area contributed by atoms with Crippen molar-refractivity contribution in [3.63, 3.8) is 0 Å². The van der Waals surface area contributed by atoms with Crippen LogP contribution in [0.15, 0.2) is 60.7 Å². The van der Waals surface area contributed by atoms with Gasteiger partial charge in [0.05, 0.1) is 5.41 Å². The molecule has 2 aliphatic rings. The zero-order chi connectivity index (χ0) is 22.2. The molecule has 32 heavy (non-hydrogen) atoms. The fourth-order valence-electron chi connectivity index (χ4n) is 5.43. The van der Waals surface area contributed by atoms with Crippen molar-refractivity contribution in [2.75, 3.05) is 19.6 Å². The van der Waals surface area contributed by atoms with E-state index in [1.54, 1.807) is 0 Å². The molecular weight excluding hydrogens is 396 g/mol. The number of carbonyl (C=O) groups is 2. The van der Waals surface area contributed by atoms with E-state index in [0.717, 1.165) is 31.2 Å². The number of nitrogens with zero attached hydrogens (tertiary/aromatic N) is 1. The monoisotopic (exact) mass is 432 g/mol. The average molecular weight is 433 g/mol. The Kier molecular flexibility index (Phi) is 7.62. The molecule has 1 aliphatic heterocycles. The second-order valence-electron chi connectivity index (χ2n) is 9.45. The van der Waals surface area contributed by atoms with Gasteiger partial charge in [-0.1, -0.05) is 79.9 Å². The summed E-state index contributed by atoms with van der Waals surface area (Å²) in [6.07, 6.45) is 8.93. The highest BCUT2D eigenvalue weighted by Crippen LogP contribution is 2.37. The fraction of sp³-hybridized carbons (Fsp3) is 0.500. The van der Waals surface area contributed by atoms with Crippen molar-refractivity contribution in [3.8, 4) is 0 Å². The second-order valence-corrected chi connectivity index (χ2v) is 9.45. The number of carbonyl (C=O) groups excluding carboxylic acids is 2. The molecule has 2 aromatic carbocycles. The molecule has 2 fully saturated rings. The summed E-state index contributed by atoms with van der Waals surface area (Å²) >= 11 is 0. The molecule has 0 aromatic heterocycles. The van der Waals surface area contributed by atoms with Crippen molar-refractivity contribution in [2.24, 2.45) is 5.92 Å². The van der Waals surface area contributed by atoms with E-state index in [-0.39, 0.29) is 11.8 Å². The Morgan fingerprint density at radius 1 is 0.875 bits per heavy atom. The van der Waals surface area contributed by atoms with Crippen LogP contribution in [0.4, 0.5) is 0 Å². The third-order valence-electron chi connectivity index (χ3n) is 7.41. The van der Waals surface area contributed by atoms with E-state index >= 15 is 0 Å². The quantitative estimate of drug-likeness (QED) is 0.634. The highest BCUT2D eigenvalue weighted by Gasteiger charge is 2.44. The van der Waals surface area contributed by atoms with Crippen LogP contribution in [0.1, 0.15) is 62.5 Å². The van der Waals surface area contributed by atoms with Gasteiger partial charge in [0.1, 0.15) is 0 Å². The van der Waals surface area contributed by atoms with Crippen LogP contribution in [0.5, 0.6) is 0 Å². The Hall–Kier alpha value is -2.62. The molecule has 1 saturated heterocycles. The molecule has 1 heterocycles. The lowest BCUT2D eigenvalue weighted by molar-refractivity contribution is -0.141. The van der Waals surface area contributed by atoms with Crippen LogP contribution in [0.2, 0.25) is 0 Å². The summed E-state index contributed by atoms with van der Waals surface area (Å²) in [7, 11) is 0. The molecule has 0 unspecified atom stereocenters. The van der Waals surface area contributed by atoms with Crippen LogP contribution >= 0.6 is 0 Å². The number of aryl methyl sites for hydroxylation is 1. The molecule has 1 N–H and O–H groups in total. The number of nitrogens with one attached hydrogen (secondary N) is 1. The number of benzene rings is 2. The lowest BCUT2D eigenvalue weighted by Crippen LogP contribution is -2.53. The maximum atomic E-state index is 13.5. The SMILES string of the molecule is O=C(C1CCCCC1)N1CCC(C(=O)NCCCc2ccccc2)(c2ccccc2)CC1. The largest absolute Gasteiger partial charge is 0.355 e. The summed E-state index contributed by atoms with van der Waals surface area (Å²) in [5.74, 6) is 0.621. The lowest BCUT2D eigenvalue weighted by Gasteiger charge is -2.42. The van der Waals surface area contributed by atoms with Gasteiger partial charge < -0.3 is 10.2 Å². The van der Waals surface area contributed by atoms with Crippen LogP contribution in [0.3, 0.4) is 0 Å². The fourth-order valence-corrected chi connectivity index (χ4v) is 5.43. The summed E-state index contributed by atoms with van der Waals surface area (Å²) < 4.78 is 0. The summed E-state index contributed by atoms with van der Waals surface area (Å²) in [5.41, 5.74) is 1.83. The molecular formula is C28H36N2O2. The Labute approximate surface area is 192 Å². The first-order valence-electron chi connectivity index (χ1n) is 12.4. The lowest BCUT2D eigenvalue weighted by atomic mass is 9.71. The van der Waals surface area contributed by atoms with Crippen LogP contribution in [0.25, 0.3) is 0 Å². The molecule has 4 rings (SSSR count). The first-order valence-corrected chi connectivity index (χ1v) is 12.4. The van der Waals surface area contributed by atoms with E-state index in [0.29, 0.717) is 38.4 Å². The van der Waals surface area contributed by atoms with Gasteiger partial charge in [-0.25, -0.2) is 0 Å². The van der Waals surface area contributed by atoms with Crippen molar-refractivity contribution in [2.45, 2.75) is 63.2 Å². The highest BCUT2D eigenvalue weighted by atomic mass is 16.2. The van der Waals surface area contributed by atoms with Gasteiger partial charge in [-0.15, -0.1) is 0 Å². The summed E-state index contributed by atoms with van der Waals surface area (Å²) in [6, 6.07) is 20.6. The first kappa shape index (κ1) is 22.6. The third kappa shape index (κ3) is 5.23. The first-order chi connectivity index (χ1) is 15.7. The molecule has 1 saturated carbocycles. The van der Waals surface area contributed by atoms with Crippen molar-refractivity contribution in [1.29, 1.82) is 0 Å². The second kappa shape index (κ2) is 10.8. The van der Waals surface area contributed by atoms with Gasteiger partial charge in [-0.3, -0.25) is 9.59 Å². The number of amides is 2. The predicted octanol–water partition coefficient (Wildman–Crippen LogP) is 4.88. The highest BCUT2D eigenvalue weighted by molar-refractivity contribution is 5.89. The summed E-state index contributed by atoms with van der Waals surface area (Å²) in [5, 5.41) is 3.23. The van der Waals surface area contributed by atoms with Gasteiger partial charge in [-0.05, 0) is 49.7 Å². The van der Waals surface area contributed by atoms with Crippen molar-refractivity contribution in [3.05, 3.63) is 71.8 Å². The van der Waals surface area contributed by atoms with E-state index in [9.17, 15) is 9.59 Å². The molecule has 0 radical (unpaired) electrons. The number of likely N-dealkylation sites (tertiary alicyclic amines) is 1. The van der Waals surface area contributed by atoms with Gasteiger partial charge >= 0.3 is 0 Å². The molecule has 0 atom stereocenters. The molecule has 0 spiro atoms. The van der Waals surface area contributed by atoms with Crippen molar-refractivity contribution in [1.82, 2.24) is 10.2 Å². The van der Waals surface area contributed by atoms with Gasteiger partial charge in [0.25, 0.3) is 0 Å². The van der Waals surface area contributed by atoms with E-state index in [1.165, 1.54) is 24.8 Å². The minimum atomic E-state index is -0.544. The molecule has 4 nitrogen and oxygen atoms in total. The smallest absolute Gasteiger partial charge is 0.230 e. The summed E-state index contributed by atoms with van der Waals surface area (Å²) in [4.78, 5) is 28.6. The third-order valence-corrected chi connectivity index (χ3v) is 7.41. The van der Waals surface area contributed by atoms with Gasteiger partial charge in [0.2, 0.25) is 11.8 Å². The minimum Gasteiger partial charge on any atom is -0.355 e. The zero-order valence-corrected chi connectivity index (χ0v) is 19.1. The van der Waals surface area contributed by atoms with Crippen molar-refractivity contribution < 1.29 is 9.59 Å². The van der Waals surface area contributed by atoms with E-state index in [4.69, 9.17) is 0 Å². The van der Waals surface area contributed by atoms with Crippen LogP contribution < -0.4 is 5.32 Å². The Morgan fingerprint density at radius 3 is 2.16 bits per heavy atom. The number of hydrogen-bond acceptors (Lipinski definition) is 2. The molecule has 4 heteroatoms. The number of piperidine rings is 1. The standard InChI is InChI=1S/C28H36N2O2/c31-26(24-14-6-2-7-15-24)30-21-18-28(19-22-30,25-16-8-3-9-17-25)27(32)29-20-10-13-23-11-4-1-5-12-23/h1,3-5,8-9,11-12,16-17,24H,2,6-7,10,13-15,18-22H2,(H,29,32). The van der Waals surface area contributed by atoms with Crippen LogP contribution in [-0.2, 0) is 21.4 Å². The maximum Gasteiger partial charge on any atom is 0.230 e. The Balaban J connectivity index is 1.38. The van der Waals surface area contributed by atoms with Gasteiger partial charge in [0.15, 0.2) is 0 Å². The average Bonchev–Trinajstić information content (AvgIpc) is 2.88. The zero-order valence-electron chi connectivity index (χ0n) is 19.1. The maximum absolute atomic E-state index is 13.5. The molecule has 2 amide bonds. The Morgan fingerprint density at radius 2 is 1.50 bits per heavy atom. The summed E-state index contributed by atoms with van der Waals surface area (Å²) in [6.45, 7) is 2.01.